The van der Waals surface area contributed by atoms with Crippen LogP contribution in [0.4, 0.5) is 0 Å². The van der Waals surface area contributed by atoms with Crippen molar-refractivity contribution in [2.75, 3.05) is 13.2 Å². The van der Waals surface area contributed by atoms with Crippen LogP contribution in [0.5, 0.6) is 0 Å². The molecule has 0 saturated carbocycles. The number of allylic oxidation sites excluding steroid dienone is 2. The molecule has 0 spiro atoms. The van der Waals surface area contributed by atoms with Crippen molar-refractivity contribution < 1.29 is 4.74 Å². The largest absolute Gasteiger partial charge is 0.489 e. The second-order valence-corrected chi connectivity index (χ2v) is 2.20. The third kappa shape index (κ3) is 1.43. The highest BCUT2D eigenvalue weighted by molar-refractivity contribution is 5.26. The molecule has 11 heavy (non-hydrogen) atoms. The predicted molar refractivity (Wildman–Crippen MR) is 44.3 cm³/mol. The van der Waals surface area contributed by atoms with Gasteiger partial charge in [0.1, 0.15) is 12.4 Å². The smallest absolute Gasteiger partial charge is 0.143 e. The maximum Gasteiger partial charge on any atom is 0.143 e. The number of nitrogens with zero attached hydrogens (tertiary/aromatic N) is 1. The van der Waals surface area contributed by atoms with Gasteiger partial charge in [0.05, 0.1) is 12.2 Å². The summed E-state index contributed by atoms with van der Waals surface area (Å²) in [4.78, 5) is 0. The Morgan fingerprint density at radius 1 is 1.45 bits per heavy atom. The van der Waals surface area contributed by atoms with Gasteiger partial charge in [0.15, 0.2) is 0 Å². The molecule has 0 saturated heterocycles. The molecule has 0 atom stereocenters. The second kappa shape index (κ2) is 3.25. The number of rotatable bonds is 2. The fourth-order valence-corrected chi connectivity index (χ4v) is 0.971. The van der Waals surface area contributed by atoms with Crippen LogP contribution in [-0.4, -0.2) is 18.2 Å². The minimum Gasteiger partial charge on any atom is -0.489 e. The Hall–Kier alpha value is -1.22. The summed E-state index contributed by atoms with van der Waals surface area (Å²) in [5, 5.41) is 1.60. The van der Waals surface area contributed by atoms with Crippen molar-refractivity contribution in [1.82, 2.24) is 5.01 Å². The molecular formula is C8H12N2O. The standard InChI is InChI=1S/C8H12N2O/c1-3-7-8(4-2)11-6-5-10(7)9/h3-4H,1-2,5-6,9H2. The van der Waals surface area contributed by atoms with Crippen LogP contribution in [0.1, 0.15) is 0 Å². The molecule has 60 valence electrons. The summed E-state index contributed by atoms with van der Waals surface area (Å²) in [7, 11) is 0. The van der Waals surface area contributed by atoms with Gasteiger partial charge in [-0.25, -0.2) is 5.84 Å². The lowest BCUT2D eigenvalue weighted by molar-refractivity contribution is 0.144. The predicted octanol–water partition coefficient (Wildman–Crippen LogP) is 0.776. The quantitative estimate of drug-likeness (QED) is 0.594. The number of nitrogens with two attached hydrogens (primary N) is 1. The van der Waals surface area contributed by atoms with Gasteiger partial charge in [-0.05, 0) is 12.2 Å². The van der Waals surface area contributed by atoms with E-state index in [0.717, 1.165) is 5.70 Å². The van der Waals surface area contributed by atoms with Crippen molar-refractivity contribution in [1.29, 1.82) is 0 Å². The summed E-state index contributed by atoms with van der Waals surface area (Å²) in [5.74, 6) is 6.33. The minimum absolute atomic E-state index is 0.606. The van der Waals surface area contributed by atoms with Crippen LogP contribution in [0.15, 0.2) is 36.8 Å². The molecule has 0 amide bonds. The summed E-state index contributed by atoms with van der Waals surface area (Å²) < 4.78 is 5.27. The molecule has 0 aromatic heterocycles. The number of hydrogen-bond acceptors (Lipinski definition) is 3. The zero-order chi connectivity index (χ0) is 8.27. The van der Waals surface area contributed by atoms with Crippen LogP contribution >= 0.6 is 0 Å². The van der Waals surface area contributed by atoms with Crippen molar-refractivity contribution in [3.05, 3.63) is 36.8 Å². The van der Waals surface area contributed by atoms with E-state index in [0.29, 0.717) is 18.9 Å². The van der Waals surface area contributed by atoms with Crippen LogP contribution in [-0.2, 0) is 4.74 Å². The van der Waals surface area contributed by atoms with Crippen molar-refractivity contribution >= 4 is 0 Å². The first-order valence-corrected chi connectivity index (χ1v) is 3.43. The van der Waals surface area contributed by atoms with E-state index in [2.05, 4.69) is 13.2 Å². The van der Waals surface area contributed by atoms with Crippen LogP contribution in [0.3, 0.4) is 0 Å². The molecule has 3 heteroatoms. The first-order valence-electron chi connectivity index (χ1n) is 3.43. The maximum absolute atomic E-state index is 5.63. The Morgan fingerprint density at radius 3 is 2.64 bits per heavy atom. The van der Waals surface area contributed by atoms with Crippen molar-refractivity contribution in [3.8, 4) is 0 Å². The van der Waals surface area contributed by atoms with E-state index in [-0.39, 0.29) is 0 Å². The van der Waals surface area contributed by atoms with Gasteiger partial charge in [0.25, 0.3) is 0 Å². The number of hydrogen-bond donors (Lipinski definition) is 1. The lowest BCUT2D eigenvalue weighted by Gasteiger charge is -2.26. The Labute approximate surface area is 66.4 Å². The van der Waals surface area contributed by atoms with Gasteiger partial charge in [-0.3, -0.25) is 0 Å². The van der Waals surface area contributed by atoms with Gasteiger partial charge in [-0.1, -0.05) is 13.2 Å². The van der Waals surface area contributed by atoms with Gasteiger partial charge in [0, 0.05) is 0 Å². The van der Waals surface area contributed by atoms with E-state index >= 15 is 0 Å². The Kier molecular flexibility index (Phi) is 2.33. The minimum atomic E-state index is 0.606. The van der Waals surface area contributed by atoms with Gasteiger partial charge >= 0.3 is 0 Å². The third-order valence-electron chi connectivity index (χ3n) is 1.53. The lowest BCUT2D eigenvalue weighted by Crippen LogP contribution is -2.36. The Bertz CT molecular complexity index is 208. The van der Waals surface area contributed by atoms with E-state index in [9.17, 15) is 0 Å². The number of ether oxygens (including phenoxy) is 1. The zero-order valence-corrected chi connectivity index (χ0v) is 6.42. The highest BCUT2D eigenvalue weighted by Gasteiger charge is 2.13. The van der Waals surface area contributed by atoms with Crippen LogP contribution in [0.2, 0.25) is 0 Å². The number of hydrazine groups is 1. The molecule has 0 unspecified atom stereocenters. The van der Waals surface area contributed by atoms with Gasteiger partial charge in [0.2, 0.25) is 0 Å². The monoisotopic (exact) mass is 152 g/mol. The molecular weight excluding hydrogens is 140 g/mol. The van der Waals surface area contributed by atoms with Gasteiger partial charge in [-0.15, -0.1) is 0 Å². The molecule has 1 heterocycles. The molecule has 3 nitrogen and oxygen atoms in total. The second-order valence-electron chi connectivity index (χ2n) is 2.20. The molecule has 1 rings (SSSR count). The molecule has 0 aromatic carbocycles. The van der Waals surface area contributed by atoms with Crippen LogP contribution in [0, 0.1) is 0 Å². The third-order valence-corrected chi connectivity index (χ3v) is 1.53. The summed E-state index contributed by atoms with van der Waals surface area (Å²) in [6.07, 6.45) is 3.30. The summed E-state index contributed by atoms with van der Waals surface area (Å²) in [6.45, 7) is 8.53. The van der Waals surface area contributed by atoms with E-state index in [1.54, 1.807) is 17.2 Å². The molecule has 1 aliphatic rings. The molecule has 0 fully saturated rings. The molecule has 1 aliphatic heterocycles. The van der Waals surface area contributed by atoms with E-state index < -0.39 is 0 Å². The first kappa shape index (κ1) is 7.88. The highest BCUT2D eigenvalue weighted by Crippen LogP contribution is 2.14. The molecule has 0 aromatic rings. The Morgan fingerprint density at radius 2 is 2.18 bits per heavy atom. The highest BCUT2D eigenvalue weighted by atomic mass is 16.5. The van der Waals surface area contributed by atoms with Crippen LogP contribution in [0.25, 0.3) is 0 Å². The fourth-order valence-electron chi connectivity index (χ4n) is 0.971. The van der Waals surface area contributed by atoms with Crippen LogP contribution < -0.4 is 5.84 Å². The zero-order valence-electron chi connectivity index (χ0n) is 6.42. The SMILES string of the molecule is C=CC1=C(C=C)N(N)CCO1. The topological polar surface area (TPSA) is 38.5 Å². The average Bonchev–Trinajstić information content (AvgIpc) is 2.04. The molecule has 0 aliphatic carbocycles. The van der Waals surface area contributed by atoms with E-state index in [4.69, 9.17) is 10.6 Å². The first-order chi connectivity index (χ1) is 5.29. The Balaban J connectivity index is 2.94. The van der Waals surface area contributed by atoms with Crippen molar-refractivity contribution in [2.45, 2.75) is 0 Å². The van der Waals surface area contributed by atoms with Crippen molar-refractivity contribution in [2.24, 2.45) is 5.84 Å². The van der Waals surface area contributed by atoms with Crippen molar-refractivity contribution in [3.63, 3.8) is 0 Å². The summed E-state index contributed by atoms with van der Waals surface area (Å²) >= 11 is 0. The van der Waals surface area contributed by atoms with E-state index in [1.165, 1.54) is 0 Å². The average molecular weight is 152 g/mol. The molecule has 0 radical (unpaired) electrons. The summed E-state index contributed by atoms with van der Waals surface area (Å²) in [5.41, 5.74) is 0.797. The lowest BCUT2D eigenvalue weighted by atomic mass is 10.3. The fraction of sp³-hybridized carbons (Fsp3) is 0.250. The summed E-state index contributed by atoms with van der Waals surface area (Å²) in [6, 6.07) is 0. The van der Waals surface area contributed by atoms with E-state index in [1.807, 2.05) is 0 Å². The maximum atomic E-state index is 5.63. The van der Waals surface area contributed by atoms with Gasteiger partial charge in [-0.2, -0.15) is 0 Å². The normalized spacial score (nSPS) is 17.7. The van der Waals surface area contributed by atoms with Gasteiger partial charge < -0.3 is 9.75 Å². The molecule has 0 bridgehead atoms. The molecule has 2 N–H and O–H groups in total.